The van der Waals surface area contributed by atoms with Crippen molar-refractivity contribution in [3.05, 3.63) is 231 Å². The number of rotatable bonds is 6. The van der Waals surface area contributed by atoms with E-state index in [0.717, 1.165) is 22.7 Å². The van der Waals surface area contributed by atoms with Gasteiger partial charge in [0.05, 0.1) is 11.0 Å². The molecule has 0 radical (unpaired) electrons. The Balaban J connectivity index is 0.954. The number of hydrogen-bond donors (Lipinski definition) is 0. The summed E-state index contributed by atoms with van der Waals surface area (Å²) in [4.78, 5) is 2.37. The van der Waals surface area contributed by atoms with Crippen molar-refractivity contribution in [1.82, 2.24) is 4.57 Å². The van der Waals surface area contributed by atoms with Gasteiger partial charge in [-0.05, 0) is 126 Å². The molecule has 2 heteroatoms. The molecule has 0 saturated heterocycles. The fraction of sp³-hybridized carbons (Fsp3) is 0. The summed E-state index contributed by atoms with van der Waals surface area (Å²) in [5, 5.41) is 12.5. The van der Waals surface area contributed by atoms with E-state index in [2.05, 4.69) is 240 Å². The average Bonchev–Trinajstić information content (AvgIpc) is 3.66. The van der Waals surface area contributed by atoms with E-state index in [-0.39, 0.29) is 0 Å². The molecule has 2 nitrogen and oxygen atoms in total. The first-order chi connectivity index (χ1) is 29.7. The highest BCUT2D eigenvalue weighted by Crippen LogP contribution is 2.41. The van der Waals surface area contributed by atoms with Gasteiger partial charge in [0.25, 0.3) is 0 Å². The van der Waals surface area contributed by atoms with Gasteiger partial charge in [-0.25, -0.2) is 0 Å². The zero-order valence-corrected chi connectivity index (χ0v) is 32.8. The molecule has 12 rings (SSSR count). The van der Waals surface area contributed by atoms with Gasteiger partial charge in [-0.2, -0.15) is 0 Å². The van der Waals surface area contributed by atoms with Crippen LogP contribution in [0.15, 0.2) is 231 Å². The van der Waals surface area contributed by atoms with Crippen molar-refractivity contribution in [3.8, 4) is 27.9 Å². The highest BCUT2D eigenvalue weighted by molar-refractivity contribution is 6.22. The summed E-state index contributed by atoms with van der Waals surface area (Å²) in [6.45, 7) is 0. The minimum atomic E-state index is 1.11. The van der Waals surface area contributed by atoms with Gasteiger partial charge >= 0.3 is 0 Å². The number of benzene rings is 11. The van der Waals surface area contributed by atoms with E-state index in [9.17, 15) is 0 Å². The second kappa shape index (κ2) is 13.9. The third-order valence-electron chi connectivity index (χ3n) is 12.3. The fourth-order valence-corrected chi connectivity index (χ4v) is 9.39. The number of nitrogens with zero attached hydrogens (tertiary/aromatic N) is 2. The van der Waals surface area contributed by atoms with Gasteiger partial charge < -0.3 is 9.47 Å². The topological polar surface area (TPSA) is 8.17 Å². The maximum Gasteiger partial charge on any atom is 0.0547 e. The third kappa shape index (κ3) is 5.65. The normalized spacial score (nSPS) is 11.7. The van der Waals surface area contributed by atoms with Gasteiger partial charge in [0.1, 0.15) is 0 Å². The highest BCUT2D eigenvalue weighted by atomic mass is 15.1. The van der Waals surface area contributed by atoms with Gasteiger partial charge in [0.15, 0.2) is 0 Å². The summed E-state index contributed by atoms with van der Waals surface area (Å²) in [5.41, 5.74) is 11.7. The average molecular weight is 763 g/mol. The van der Waals surface area contributed by atoms with E-state index in [1.54, 1.807) is 0 Å². The largest absolute Gasteiger partial charge is 0.310 e. The van der Waals surface area contributed by atoms with Crippen LogP contribution < -0.4 is 4.90 Å². The number of anilines is 3. The molecule has 0 bridgehead atoms. The van der Waals surface area contributed by atoms with Crippen LogP contribution in [0.1, 0.15) is 0 Å². The Morgan fingerprint density at radius 3 is 1.45 bits per heavy atom. The molecule has 1 aromatic heterocycles. The Morgan fingerprint density at radius 1 is 0.283 bits per heavy atom. The fourth-order valence-electron chi connectivity index (χ4n) is 9.39. The molecule has 1 heterocycles. The number of hydrogen-bond acceptors (Lipinski definition) is 1. The van der Waals surface area contributed by atoms with Crippen molar-refractivity contribution < 1.29 is 0 Å². The molecule has 0 amide bonds. The molecule has 0 unspecified atom stereocenters. The van der Waals surface area contributed by atoms with Gasteiger partial charge in [-0.15, -0.1) is 0 Å². The van der Waals surface area contributed by atoms with Crippen LogP contribution in [0, 0.1) is 0 Å². The quantitative estimate of drug-likeness (QED) is 0.164. The van der Waals surface area contributed by atoms with Gasteiger partial charge in [0.2, 0.25) is 0 Å². The molecule has 280 valence electrons. The number of aromatic nitrogens is 1. The maximum absolute atomic E-state index is 2.45. The summed E-state index contributed by atoms with van der Waals surface area (Å²) in [7, 11) is 0. The predicted octanol–water partition coefficient (Wildman–Crippen LogP) is 16.2. The van der Waals surface area contributed by atoms with Crippen molar-refractivity contribution >= 4 is 82.0 Å². The molecule has 0 aliphatic heterocycles. The molecule has 0 saturated carbocycles. The highest BCUT2D eigenvalue weighted by Gasteiger charge is 2.18. The first-order valence-corrected chi connectivity index (χ1v) is 20.7. The Kier molecular flexibility index (Phi) is 7.89. The molecule has 12 aromatic rings. The van der Waals surface area contributed by atoms with Crippen LogP contribution in [0.3, 0.4) is 0 Å². The van der Waals surface area contributed by atoms with Crippen molar-refractivity contribution in [2.45, 2.75) is 0 Å². The summed E-state index contributed by atoms with van der Waals surface area (Å²) in [5.74, 6) is 0. The van der Waals surface area contributed by atoms with Crippen LogP contribution in [0.5, 0.6) is 0 Å². The molecule has 0 aliphatic rings. The van der Waals surface area contributed by atoms with Crippen LogP contribution in [0.25, 0.3) is 92.8 Å². The smallest absolute Gasteiger partial charge is 0.0547 e. The first kappa shape index (κ1) is 34.1. The molecular weight excluding hydrogens is 725 g/mol. The van der Waals surface area contributed by atoms with E-state index >= 15 is 0 Å². The molecule has 0 fully saturated rings. The van der Waals surface area contributed by atoms with Crippen LogP contribution in [-0.2, 0) is 0 Å². The lowest BCUT2D eigenvalue weighted by atomic mass is 9.97. The number of fused-ring (bicyclic) bond motifs is 8. The standard InChI is InChI=1S/C58H38N2/c1-3-14-45-36-50(32-24-39(45)10-1)59(51-33-25-40-11-2-4-15-46(40)37-51)48-28-20-41(21-29-48)42-22-30-49(31-23-42)60-56-35-27-44-13-6-8-18-54(44)58(56)55-34-26-47(38-57(55)60)53-19-9-16-43-12-5-7-17-52(43)53/h1-38H. The van der Waals surface area contributed by atoms with Crippen LogP contribution in [-0.4, -0.2) is 4.57 Å². The Morgan fingerprint density at radius 2 is 0.783 bits per heavy atom. The van der Waals surface area contributed by atoms with Gasteiger partial charge in [-0.3, -0.25) is 0 Å². The van der Waals surface area contributed by atoms with E-state index < -0.39 is 0 Å². The van der Waals surface area contributed by atoms with E-state index in [0.29, 0.717) is 0 Å². The molecule has 11 aromatic carbocycles. The van der Waals surface area contributed by atoms with Crippen molar-refractivity contribution in [1.29, 1.82) is 0 Å². The lowest BCUT2D eigenvalue weighted by Gasteiger charge is -2.26. The molecule has 60 heavy (non-hydrogen) atoms. The minimum absolute atomic E-state index is 1.11. The monoisotopic (exact) mass is 762 g/mol. The van der Waals surface area contributed by atoms with E-state index in [4.69, 9.17) is 0 Å². The second-order valence-corrected chi connectivity index (χ2v) is 15.8. The van der Waals surface area contributed by atoms with E-state index in [1.807, 2.05) is 0 Å². The summed E-state index contributed by atoms with van der Waals surface area (Å²) < 4.78 is 2.45. The lowest BCUT2D eigenvalue weighted by Crippen LogP contribution is -2.09. The Bertz CT molecular complexity index is 3510. The maximum atomic E-state index is 2.45. The van der Waals surface area contributed by atoms with Crippen molar-refractivity contribution in [3.63, 3.8) is 0 Å². The minimum Gasteiger partial charge on any atom is -0.310 e. The summed E-state index contributed by atoms with van der Waals surface area (Å²) in [6, 6.07) is 84.3. The third-order valence-corrected chi connectivity index (χ3v) is 12.3. The Labute approximate surface area is 348 Å². The molecule has 0 N–H and O–H groups in total. The molecule has 0 atom stereocenters. The van der Waals surface area contributed by atoms with Crippen molar-refractivity contribution in [2.24, 2.45) is 0 Å². The van der Waals surface area contributed by atoms with E-state index in [1.165, 1.54) is 87.1 Å². The zero-order chi connectivity index (χ0) is 39.6. The summed E-state index contributed by atoms with van der Waals surface area (Å²) in [6.07, 6.45) is 0. The molecular formula is C58H38N2. The predicted molar refractivity (Wildman–Crippen MR) is 256 cm³/mol. The molecule has 0 spiro atoms. The molecule has 0 aliphatic carbocycles. The zero-order valence-electron chi connectivity index (χ0n) is 32.8. The lowest BCUT2D eigenvalue weighted by molar-refractivity contribution is 1.18. The van der Waals surface area contributed by atoms with Gasteiger partial charge in [-0.1, -0.05) is 170 Å². The Hall–Kier alpha value is -7.94. The first-order valence-electron chi connectivity index (χ1n) is 20.7. The van der Waals surface area contributed by atoms with Crippen LogP contribution in [0.4, 0.5) is 17.1 Å². The van der Waals surface area contributed by atoms with Crippen LogP contribution >= 0.6 is 0 Å². The van der Waals surface area contributed by atoms with Crippen LogP contribution in [0.2, 0.25) is 0 Å². The second-order valence-electron chi connectivity index (χ2n) is 15.8. The summed E-state index contributed by atoms with van der Waals surface area (Å²) >= 11 is 0. The van der Waals surface area contributed by atoms with Crippen molar-refractivity contribution in [2.75, 3.05) is 4.90 Å². The van der Waals surface area contributed by atoms with Gasteiger partial charge in [0, 0.05) is 33.5 Å². The SMILES string of the molecule is c1ccc2cc(N(c3ccc(-c4ccc(-n5c6cc(-c7cccc8ccccc78)ccc6c6c7ccccc7ccc65)cc4)cc3)c3ccc4ccccc4c3)ccc2c1.